The van der Waals surface area contributed by atoms with Gasteiger partial charge in [-0.3, -0.25) is 9.59 Å². The first kappa shape index (κ1) is 16.8. The second-order valence-corrected chi connectivity index (χ2v) is 6.67. The number of thiazole rings is 1. The molecule has 1 aromatic carbocycles. The van der Waals surface area contributed by atoms with Gasteiger partial charge in [0.05, 0.1) is 0 Å². The van der Waals surface area contributed by atoms with Crippen LogP contribution in [-0.4, -0.2) is 22.0 Å². The van der Waals surface area contributed by atoms with Gasteiger partial charge in [-0.05, 0) is 26.0 Å². The van der Waals surface area contributed by atoms with Crippen LogP contribution in [0.15, 0.2) is 34.9 Å². The molecular formula is C17H16N4O3S. The SMILES string of the molecule is CC(=O)Nc1cccc(-c2nc(C(=O)Nc3cc(C)on3)c(C)s2)c1. The number of hydrogen-bond acceptors (Lipinski definition) is 6. The largest absolute Gasteiger partial charge is 0.360 e. The van der Waals surface area contributed by atoms with Crippen molar-refractivity contribution in [3.8, 4) is 10.6 Å². The van der Waals surface area contributed by atoms with Crippen LogP contribution in [0.4, 0.5) is 11.5 Å². The van der Waals surface area contributed by atoms with E-state index in [9.17, 15) is 9.59 Å². The maximum Gasteiger partial charge on any atom is 0.276 e. The van der Waals surface area contributed by atoms with Crippen LogP contribution in [0.2, 0.25) is 0 Å². The van der Waals surface area contributed by atoms with Crippen molar-refractivity contribution in [2.75, 3.05) is 10.6 Å². The van der Waals surface area contributed by atoms with E-state index in [0.717, 1.165) is 10.4 Å². The fourth-order valence-electron chi connectivity index (χ4n) is 2.26. The van der Waals surface area contributed by atoms with E-state index in [1.807, 2.05) is 25.1 Å². The van der Waals surface area contributed by atoms with E-state index in [-0.39, 0.29) is 11.8 Å². The van der Waals surface area contributed by atoms with E-state index in [4.69, 9.17) is 4.52 Å². The third kappa shape index (κ3) is 3.92. The molecule has 2 amide bonds. The highest BCUT2D eigenvalue weighted by Crippen LogP contribution is 2.29. The Bertz CT molecular complexity index is 945. The van der Waals surface area contributed by atoms with Gasteiger partial charge in [-0.25, -0.2) is 4.98 Å². The molecule has 8 heteroatoms. The predicted octanol–water partition coefficient (Wildman–Crippen LogP) is 3.63. The first-order chi connectivity index (χ1) is 11.9. The van der Waals surface area contributed by atoms with Crippen molar-refractivity contribution in [3.63, 3.8) is 0 Å². The molecule has 0 saturated carbocycles. The van der Waals surface area contributed by atoms with Crippen LogP contribution in [0.5, 0.6) is 0 Å². The lowest BCUT2D eigenvalue weighted by molar-refractivity contribution is -0.114. The van der Waals surface area contributed by atoms with Crippen molar-refractivity contribution in [2.24, 2.45) is 0 Å². The van der Waals surface area contributed by atoms with Crippen molar-refractivity contribution in [3.05, 3.63) is 46.7 Å². The molecule has 0 atom stereocenters. The second-order valence-electron chi connectivity index (χ2n) is 5.46. The maximum atomic E-state index is 12.4. The Kier molecular flexibility index (Phi) is 4.62. The molecule has 7 nitrogen and oxygen atoms in total. The Morgan fingerprint density at radius 3 is 2.64 bits per heavy atom. The van der Waals surface area contributed by atoms with Crippen molar-refractivity contribution >= 4 is 34.7 Å². The number of aromatic nitrogens is 2. The van der Waals surface area contributed by atoms with Gasteiger partial charge in [0.1, 0.15) is 16.5 Å². The molecule has 0 unspecified atom stereocenters. The molecule has 3 aromatic rings. The number of aryl methyl sites for hydroxylation is 2. The van der Waals surface area contributed by atoms with Crippen LogP contribution in [0.1, 0.15) is 28.0 Å². The molecule has 0 spiro atoms. The molecule has 0 saturated heterocycles. The van der Waals surface area contributed by atoms with Gasteiger partial charge in [-0.1, -0.05) is 17.3 Å². The van der Waals surface area contributed by atoms with Gasteiger partial charge in [-0.2, -0.15) is 0 Å². The Morgan fingerprint density at radius 2 is 1.96 bits per heavy atom. The highest BCUT2D eigenvalue weighted by Gasteiger charge is 2.18. The molecule has 3 rings (SSSR count). The molecule has 0 radical (unpaired) electrons. The highest BCUT2D eigenvalue weighted by atomic mass is 32.1. The normalized spacial score (nSPS) is 10.5. The summed E-state index contributed by atoms with van der Waals surface area (Å²) in [5.74, 6) is 0.478. The van der Waals surface area contributed by atoms with E-state index in [0.29, 0.717) is 28.0 Å². The minimum absolute atomic E-state index is 0.143. The van der Waals surface area contributed by atoms with Crippen LogP contribution < -0.4 is 10.6 Å². The topological polar surface area (TPSA) is 97.1 Å². The second kappa shape index (κ2) is 6.86. The summed E-state index contributed by atoms with van der Waals surface area (Å²) in [6, 6.07) is 8.97. The van der Waals surface area contributed by atoms with Crippen LogP contribution in [0.25, 0.3) is 10.6 Å². The van der Waals surface area contributed by atoms with Gasteiger partial charge in [-0.15, -0.1) is 11.3 Å². The summed E-state index contributed by atoms with van der Waals surface area (Å²) in [6.45, 7) is 5.03. The molecule has 0 bridgehead atoms. The van der Waals surface area contributed by atoms with Crippen molar-refractivity contribution in [1.82, 2.24) is 10.1 Å². The van der Waals surface area contributed by atoms with Gasteiger partial charge in [0.15, 0.2) is 5.82 Å². The summed E-state index contributed by atoms with van der Waals surface area (Å²) in [5, 5.41) is 9.84. The number of nitrogens with one attached hydrogen (secondary N) is 2. The standard InChI is InChI=1S/C17H16N4O3S/c1-9-7-14(21-24-9)19-16(23)15-10(2)25-17(20-15)12-5-4-6-13(8-12)18-11(3)22/h4-8H,1-3H3,(H,18,22)(H,19,21,23). The van der Waals surface area contributed by atoms with Crippen LogP contribution >= 0.6 is 11.3 Å². The van der Waals surface area contributed by atoms with E-state index in [2.05, 4.69) is 20.8 Å². The Hall–Kier alpha value is -3.00. The molecule has 2 heterocycles. The molecule has 25 heavy (non-hydrogen) atoms. The third-order valence-corrected chi connectivity index (χ3v) is 4.33. The van der Waals surface area contributed by atoms with Crippen molar-refractivity contribution < 1.29 is 14.1 Å². The van der Waals surface area contributed by atoms with E-state index in [1.54, 1.807) is 19.1 Å². The molecule has 128 valence electrons. The summed E-state index contributed by atoms with van der Waals surface area (Å²) in [7, 11) is 0. The zero-order valence-electron chi connectivity index (χ0n) is 13.9. The van der Waals surface area contributed by atoms with Gasteiger partial charge in [0.25, 0.3) is 5.91 Å². The first-order valence-corrected chi connectivity index (χ1v) is 8.34. The molecule has 0 fully saturated rings. The summed E-state index contributed by atoms with van der Waals surface area (Å²) in [6.07, 6.45) is 0. The van der Waals surface area contributed by atoms with Crippen LogP contribution in [0.3, 0.4) is 0 Å². The Balaban J connectivity index is 1.84. The lowest BCUT2D eigenvalue weighted by Crippen LogP contribution is -2.13. The Morgan fingerprint density at radius 1 is 1.16 bits per heavy atom. The summed E-state index contributed by atoms with van der Waals surface area (Å²) < 4.78 is 4.93. The van der Waals surface area contributed by atoms with Crippen molar-refractivity contribution in [1.29, 1.82) is 0 Å². The zero-order valence-corrected chi connectivity index (χ0v) is 14.7. The minimum Gasteiger partial charge on any atom is -0.360 e. The monoisotopic (exact) mass is 356 g/mol. The van der Waals surface area contributed by atoms with Gasteiger partial charge < -0.3 is 15.2 Å². The number of carbonyl (C=O) groups is 2. The fraction of sp³-hybridized carbons (Fsp3) is 0.176. The number of rotatable bonds is 4. The molecule has 2 N–H and O–H groups in total. The number of benzene rings is 1. The highest BCUT2D eigenvalue weighted by molar-refractivity contribution is 7.15. The average molecular weight is 356 g/mol. The maximum absolute atomic E-state index is 12.4. The molecule has 0 aliphatic heterocycles. The average Bonchev–Trinajstić information content (AvgIpc) is 3.13. The van der Waals surface area contributed by atoms with Crippen molar-refractivity contribution in [2.45, 2.75) is 20.8 Å². The van der Waals surface area contributed by atoms with E-state index >= 15 is 0 Å². The molecule has 0 aliphatic carbocycles. The number of amides is 2. The fourth-order valence-corrected chi connectivity index (χ4v) is 3.17. The quantitative estimate of drug-likeness (QED) is 0.744. The molecule has 0 aliphatic rings. The summed E-state index contributed by atoms with van der Waals surface area (Å²) in [4.78, 5) is 28.8. The van der Waals surface area contributed by atoms with Crippen LogP contribution in [-0.2, 0) is 4.79 Å². The third-order valence-electron chi connectivity index (χ3n) is 3.31. The van der Waals surface area contributed by atoms with Gasteiger partial charge in [0, 0.05) is 29.1 Å². The zero-order chi connectivity index (χ0) is 18.0. The summed E-state index contributed by atoms with van der Waals surface area (Å²) in [5.41, 5.74) is 1.85. The number of hydrogen-bond donors (Lipinski definition) is 2. The lowest BCUT2D eigenvalue weighted by atomic mass is 10.2. The predicted molar refractivity (Wildman–Crippen MR) is 95.8 cm³/mol. The Labute approximate surface area is 148 Å². The van der Waals surface area contributed by atoms with Gasteiger partial charge >= 0.3 is 0 Å². The molecular weight excluding hydrogens is 340 g/mol. The number of carbonyl (C=O) groups excluding carboxylic acids is 2. The van der Waals surface area contributed by atoms with Crippen LogP contribution in [0, 0.1) is 13.8 Å². The summed E-state index contributed by atoms with van der Waals surface area (Å²) >= 11 is 1.41. The molecule has 2 aromatic heterocycles. The minimum atomic E-state index is -0.341. The van der Waals surface area contributed by atoms with Gasteiger partial charge in [0.2, 0.25) is 5.91 Å². The smallest absolute Gasteiger partial charge is 0.276 e. The lowest BCUT2D eigenvalue weighted by Gasteiger charge is -2.03. The van der Waals surface area contributed by atoms with E-state index in [1.165, 1.54) is 18.3 Å². The number of anilines is 2. The number of nitrogens with zero attached hydrogens (tertiary/aromatic N) is 2. The van der Waals surface area contributed by atoms with E-state index < -0.39 is 0 Å². The first-order valence-electron chi connectivity index (χ1n) is 7.52.